The van der Waals surface area contributed by atoms with Gasteiger partial charge < -0.3 is 5.32 Å². The van der Waals surface area contributed by atoms with E-state index in [0.29, 0.717) is 6.54 Å². The maximum atomic E-state index is 12.7. The van der Waals surface area contributed by atoms with Crippen molar-refractivity contribution in [3.63, 3.8) is 0 Å². The van der Waals surface area contributed by atoms with Gasteiger partial charge in [-0.1, -0.05) is 44.2 Å². The van der Waals surface area contributed by atoms with E-state index in [1.807, 2.05) is 44.2 Å². The SMILES string of the molecule is CC(=O)NCc1ccc(S(=O)(=O)NC(c2ccccc2)C(C)C)s1. The average Bonchev–Trinajstić information content (AvgIpc) is 3.01. The molecule has 1 aromatic carbocycles. The summed E-state index contributed by atoms with van der Waals surface area (Å²) in [5, 5.41) is 2.67. The molecule has 1 heterocycles. The van der Waals surface area contributed by atoms with Crippen LogP contribution >= 0.6 is 11.3 Å². The highest BCUT2D eigenvalue weighted by atomic mass is 32.2. The van der Waals surface area contributed by atoms with Crippen LogP contribution in [0.1, 0.15) is 37.3 Å². The van der Waals surface area contributed by atoms with Crippen LogP contribution in [-0.4, -0.2) is 14.3 Å². The predicted octanol–water partition coefficient (Wildman–Crippen LogP) is 3.06. The van der Waals surface area contributed by atoms with E-state index in [1.165, 1.54) is 18.3 Å². The highest BCUT2D eigenvalue weighted by Gasteiger charge is 2.25. The van der Waals surface area contributed by atoms with E-state index in [2.05, 4.69) is 10.0 Å². The van der Waals surface area contributed by atoms with Gasteiger partial charge in [0.05, 0.1) is 6.54 Å². The lowest BCUT2D eigenvalue weighted by Gasteiger charge is -2.22. The number of rotatable bonds is 7. The Labute approximate surface area is 147 Å². The number of carbonyl (C=O) groups excluding carboxylic acids is 1. The monoisotopic (exact) mass is 366 g/mol. The van der Waals surface area contributed by atoms with Gasteiger partial charge in [-0.2, -0.15) is 0 Å². The minimum absolute atomic E-state index is 0.112. The standard InChI is InChI=1S/C17H22N2O3S2/c1-12(2)17(14-7-5-4-6-8-14)19-24(21,22)16-10-9-15(23-16)11-18-13(3)20/h4-10,12,17,19H,11H2,1-3H3,(H,18,20). The Morgan fingerprint density at radius 3 is 2.38 bits per heavy atom. The third kappa shape index (κ3) is 4.90. The Morgan fingerprint density at radius 2 is 1.79 bits per heavy atom. The minimum atomic E-state index is -3.61. The van der Waals surface area contributed by atoms with Crippen LogP contribution in [0.5, 0.6) is 0 Å². The molecule has 1 atom stereocenters. The first kappa shape index (κ1) is 18.6. The Bertz CT molecular complexity index is 783. The van der Waals surface area contributed by atoms with Crippen LogP contribution in [0.4, 0.5) is 0 Å². The Kier molecular flexibility index (Phi) is 6.15. The van der Waals surface area contributed by atoms with Crippen LogP contribution in [0, 0.1) is 5.92 Å². The van der Waals surface area contributed by atoms with Crippen LogP contribution in [0.25, 0.3) is 0 Å². The van der Waals surface area contributed by atoms with Gasteiger partial charge >= 0.3 is 0 Å². The lowest BCUT2D eigenvalue weighted by atomic mass is 9.97. The van der Waals surface area contributed by atoms with Gasteiger partial charge in [-0.15, -0.1) is 11.3 Å². The summed E-state index contributed by atoms with van der Waals surface area (Å²) in [5.41, 5.74) is 0.936. The van der Waals surface area contributed by atoms with Crippen molar-refractivity contribution in [3.05, 3.63) is 52.9 Å². The van der Waals surface area contributed by atoms with E-state index in [9.17, 15) is 13.2 Å². The van der Waals surface area contributed by atoms with Gasteiger partial charge in [0.1, 0.15) is 4.21 Å². The summed E-state index contributed by atoms with van der Waals surface area (Å²) in [6.07, 6.45) is 0. The molecule has 130 valence electrons. The molecule has 2 N–H and O–H groups in total. The summed E-state index contributed by atoms with van der Waals surface area (Å²) < 4.78 is 28.4. The first-order chi connectivity index (χ1) is 11.3. The quantitative estimate of drug-likeness (QED) is 0.791. The highest BCUT2D eigenvalue weighted by molar-refractivity contribution is 7.91. The van der Waals surface area contributed by atoms with Crippen LogP contribution in [0.2, 0.25) is 0 Å². The third-order valence-corrected chi connectivity index (χ3v) is 6.54. The Balaban J connectivity index is 2.18. The largest absolute Gasteiger partial charge is 0.351 e. The van der Waals surface area contributed by atoms with Gasteiger partial charge in [0.15, 0.2) is 0 Å². The van der Waals surface area contributed by atoms with Gasteiger partial charge in [0, 0.05) is 17.8 Å². The van der Waals surface area contributed by atoms with Crippen molar-refractivity contribution in [3.8, 4) is 0 Å². The molecule has 24 heavy (non-hydrogen) atoms. The van der Waals surface area contributed by atoms with Gasteiger partial charge in [-0.25, -0.2) is 13.1 Å². The second kappa shape index (κ2) is 7.92. The molecule has 2 rings (SSSR count). The summed E-state index contributed by atoms with van der Waals surface area (Å²) in [4.78, 5) is 11.8. The molecular weight excluding hydrogens is 344 g/mol. The van der Waals surface area contributed by atoms with Crippen molar-refractivity contribution in [1.82, 2.24) is 10.0 Å². The summed E-state index contributed by atoms with van der Waals surface area (Å²) in [6.45, 7) is 5.73. The molecular formula is C17H22N2O3S2. The molecule has 0 aliphatic carbocycles. The lowest BCUT2D eigenvalue weighted by molar-refractivity contribution is -0.119. The summed E-state index contributed by atoms with van der Waals surface area (Å²) in [5.74, 6) is -0.0316. The van der Waals surface area contributed by atoms with Gasteiger partial charge in [-0.3, -0.25) is 4.79 Å². The summed E-state index contributed by atoms with van der Waals surface area (Å²) >= 11 is 1.17. The maximum absolute atomic E-state index is 12.7. The zero-order valence-electron chi connectivity index (χ0n) is 13.9. The summed E-state index contributed by atoms with van der Waals surface area (Å²) in [7, 11) is -3.61. The number of nitrogens with one attached hydrogen (secondary N) is 2. The van der Waals surface area contributed by atoms with Crippen molar-refractivity contribution in [2.45, 2.75) is 37.6 Å². The van der Waals surface area contributed by atoms with Crippen molar-refractivity contribution < 1.29 is 13.2 Å². The molecule has 0 radical (unpaired) electrons. The fourth-order valence-corrected chi connectivity index (χ4v) is 4.97. The molecule has 5 nitrogen and oxygen atoms in total. The zero-order chi connectivity index (χ0) is 17.7. The Morgan fingerprint density at radius 1 is 1.12 bits per heavy atom. The van der Waals surface area contributed by atoms with Crippen LogP contribution < -0.4 is 10.0 Å². The van der Waals surface area contributed by atoms with E-state index in [1.54, 1.807) is 12.1 Å². The predicted molar refractivity (Wildman–Crippen MR) is 96.2 cm³/mol. The van der Waals surface area contributed by atoms with E-state index in [0.717, 1.165) is 10.4 Å². The van der Waals surface area contributed by atoms with Crippen LogP contribution in [-0.2, 0) is 21.4 Å². The van der Waals surface area contributed by atoms with Crippen molar-refractivity contribution >= 4 is 27.3 Å². The zero-order valence-corrected chi connectivity index (χ0v) is 15.6. The highest BCUT2D eigenvalue weighted by Crippen LogP contribution is 2.27. The average molecular weight is 367 g/mol. The van der Waals surface area contributed by atoms with Crippen molar-refractivity contribution in [2.24, 2.45) is 5.92 Å². The topological polar surface area (TPSA) is 75.3 Å². The minimum Gasteiger partial charge on any atom is -0.351 e. The number of hydrogen-bond donors (Lipinski definition) is 2. The molecule has 0 fully saturated rings. The van der Waals surface area contributed by atoms with Crippen LogP contribution in [0.15, 0.2) is 46.7 Å². The van der Waals surface area contributed by atoms with E-state index < -0.39 is 10.0 Å². The molecule has 1 aromatic heterocycles. The molecule has 0 bridgehead atoms. The second-order valence-electron chi connectivity index (χ2n) is 5.88. The second-order valence-corrected chi connectivity index (χ2v) is 8.99. The van der Waals surface area contributed by atoms with Gasteiger partial charge in [0.25, 0.3) is 10.0 Å². The van der Waals surface area contributed by atoms with Crippen molar-refractivity contribution in [2.75, 3.05) is 0 Å². The number of sulfonamides is 1. The van der Waals surface area contributed by atoms with Gasteiger partial charge in [0.2, 0.25) is 5.91 Å². The molecule has 0 aliphatic heterocycles. The van der Waals surface area contributed by atoms with E-state index >= 15 is 0 Å². The molecule has 2 aromatic rings. The fourth-order valence-electron chi connectivity index (χ4n) is 2.28. The third-order valence-electron chi connectivity index (χ3n) is 3.52. The smallest absolute Gasteiger partial charge is 0.250 e. The normalized spacial score (nSPS) is 13.0. The lowest BCUT2D eigenvalue weighted by Crippen LogP contribution is -2.31. The molecule has 1 unspecified atom stereocenters. The molecule has 0 saturated heterocycles. The molecule has 0 spiro atoms. The van der Waals surface area contributed by atoms with Gasteiger partial charge in [-0.05, 0) is 23.6 Å². The van der Waals surface area contributed by atoms with Crippen molar-refractivity contribution in [1.29, 1.82) is 0 Å². The van der Waals surface area contributed by atoms with E-state index in [4.69, 9.17) is 0 Å². The number of hydrogen-bond acceptors (Lipinski definition) is 4. The van der Waals surface area contributed by atoms with Crippen LogP contribution in [0.3, 0.4) is 0 Å². The molecule has 0 saturated carbocycles. The number of carbonyl (C=O) groups is 1. The molecule has 0 aliphatic rings. The molecule has 1 amide bonds. The summed E-state index contributed by atoms with van der Waals surface area (Å²) in [6, 6.07) is 12.5. The number of benzene rings is 1. The van der Waals surface area contributed by atoms with E-state index in [-0.39, 0.29) is 22.1 Å². The molecule has 7 heteroatoms. The maximum Gasteiger partial charge on any atom is 0.250 e. The first-order valence-electron chi connectivity index (χ1n) is 7.70. The first-order valence-corrected chi connectivity index (χ1v) is 10.00. The Hall–Kier alpha value is -1.70. The number of thiophene rings is 1. The fraction of sp³-hybridized carbons (Fsp3) is 0.353. The number of amides is 1.